The Hall–Kier alpha value is -2.04. The van der Waals surface area contributed by atoms with Crippen molar-refractivity contribution in [3.63, 3.8) is 0 Å². The van der Waals surface area contributed by atoms with Crippen molar-refractivity contribution < 1.29 is 9.21 Å². The molecular weight excluding hydrogens is 256 g/mol. The number of nitrogens with zero attached hydrogens (tertiary/aromatic N) is 1. The zero-order chi connectivity index (χ0) is 14.9. The summed E-state index contributed by atoms with van der Waals surface area (Å²) in [5, 5.41) is 2.90. The Labute approximate surface area is 117 Å². The van der Waals surface area contributed by atoms with Crippen LogP contribution in [-0.4, -0.2) is 17.0 Å². The lowest BCUT2D eigenvalue weighted by Crippen LogP contribution is -2.35. The van der Waals surface area contributed by atoms with Crippen LogP contribution < -0.4 is 11.1 Å². The highest BCUT2D eigenvalue weighted by molar-refractivity contribution is 5.81. The molecule has 1 aromatic carbocycles. The van der Waals surface area contributed by atoms with Crippen molar-refractivity contribution >= 4 is 17.0 Å². The summed E-state index contributed by atoms with van der Waals surface area (Å²) in [6, 6.07) is 5.65. The predicted octanol–water partition coefficient (Wildman–Crippen LogP) is 1.84. The molecule has 5 nitrogen and oxygen atoms in total. The maximum atomic E-state index is 11.7. The van der Waals surface area contributed by atoms with Crippen molar-refractivity contribution in [2.75, 3.05) is 6.54 Å². The largest absolute Gasteiger partial charge is 0.419 e. The molecule has 1 N–H and O–H groups in total. The molecule has 1 aromatic heterocycles. The van der Waals surface area contributed by atoms with E-state index in [1.807, 2.05) is 39.0 Å². The Morgan fingerprint density at radius 1 is 1.35 bits per heavy atom. The third-order valence-corrected chi connectivity index (χ3v) is 3.24. The molecule has 0 radical (unpaired) electrons. The zero-order valence-corrected chi connectivity index (χ0v) is 12.3. The molecule has 1 heterocycles. The normalized spacial score (nSPS) is 11.8. The topological polar surface area (TPSA) is 64.2 Å². The maximum Gasteiger partial charge on any atom is 0.419 e. The fraction of sp³-hybridized carbons (Fsp3) is 0.467. The van der Waals surface area contributed by atoms with Gasteiger partial charge in [-0.05, 0) is 24.1 Å². The molecule has 1 amide bonds. The van der Waals surface area contributed by atoms with Crippen LogP contribution in [0.25, 0.3) is 11.1 Å². The second-order valence-corrected chi connectivity index (χ2v) is 5.98. The van der Waals surface area contributed by atoms with Crippen LogP contribution >= 0.6 is 0 Å². The Kier molecular flexibility index (Phi) is 3.70. The van der Waals surface area contributed by atoms with E-state index in [0.29, 0.717) is 18.5 Å². The summed E-state index contributed by atoms with van der Waals surface area (Å²) >= 11 is 0. The second kappa shape index (κ2) is 5.15. The molecular formula is C15H20N2O3. The van der Waals surface area contributed by atoms with E-state index in [-0.39, 0.29) is 17.1 Å². The predicted molar refractivity (Wildman–Crippen MR) is 77.6 cm³/mol. The SMILES string of the molecule is Cn1c(=O)oc2cc(CCNC(=O)C(C)(C)C)ccc21. The molecule has 0 aliphatic heterocycles. The highest BCUT2D eigenvalue weighted by Gasteiger charge is 2.20. The number of aryl methyl sites for hydroxylation is 1. The smallest absolute Gasteiger partial charge is 0.408 e. The van der Waals surface area contributed by atoms with Gasteiger partial charge in [-0.25, -0.2) is 4.79 Å². The number of hydrogen-bond acceptors (Lipinski definition) is 3. The lowest BCUT2D eigenvalue weighted by molar-refractivity contribution is -0.128. The summed E-state index contributed by atoms with van der Waals surface area (Å²) in [6.07, 6.45) is 0.705. The molecule has 0 aliphatic carbocycles. The van der Waals surface area contributed by atoms with Crippen molar-refractivity contribution in [2.45, 2.75) is 27.2 Å². The summed E-state index contributed by atoms with van der Waals surface area (Å²) in [6.45, 7) is 6.21. The molecule has 0 atom stereocenters. The average Bonchev–Trinajstić information content (AvgIpc) is 2.63. The zero-order valence-electron chi connectivity index (χ0n) is 12.3. The molecule has 0 aliphatic rings. The number of aromatic nitrogens is 1. The molecule has 2 rings (SSSR count). The van der Waals surface area contributed by atoms with E-state index < -0.39 is 0 Å². The monoisotopic (exact) mass is 276 g/mol. The van der Waals surface area contributed by atoms with Crippen LogP contribution in [0.2, 0.25) is 0 Å². The molecule has 20 heavy (non-hydrogen) atoms. The van der Waals surface area contributed by atoms with Crippen molar-refractivity contribution in [1.82, 2.24) is 9.88 Å². The first-order chi connectivity index (χ1) is 9.29. The molecule has 108 valence electrons. The molecule has 0 saturated carbocycles. The molecule has 0 saturated heterocycles. The third-order valence-electron chi connectivity index (χ3n) is 3.24. The van der Waals surface area contributed by atoms with E-state index in [1.54, 1.807) is 7.05 Å². The summed E-state index contributed by atoms with van der Waals surface area (Å²) in [5.74, 6) is -0.331. The van der Waals surface area contributed by atoms with Crippen molar-refractivity contribution in [1.29, 1.82) is 0 Å². The van der Waals surface area contributed by atoms with Gasteiger partial charge in [-0.1, -0.05) is 26.8 Å². The molecule has 5 heteroatoms. The molecule has 0 unspecified atom stereocenters. The van der Waals surface area contributed by atoms with Crippen molar-refractivity contribution in [3.8, 4) is 0 Å². The number of fused-ring (bicyclic) bond motifs is 1. The number of rotatable bonds is 3. The van der Waals surface area contributed by atoms with Gasteiger partial charge in [0.05, 0.1) is 5.52 Å². The van der Waals surface area contributed by atoms with E-state index in [9.17, 15) is 9.59 Å². The van der Waals surface area contributed by atoms with E-state index in [4.69, 9.17) is 4.42 Å². The summed E-state index contributed by atoms with van der Waals surface area (Å²) in [7, 11) is 1.68. The van der Waals surface area contributed by atoms with Crippen LogP contribution in [0.4, 0.5) is 0 Å². The Morgan fingerprint density at radius 3 is 2.70 bits per heavy atom. The lowest BCUT2D eigenvalue weighted by Gasteiger charge is -2.17. The Morgan fingerprint density at radius 2 is 2.05 bits per heavy atom. The number of carbonyl (C=O) groups excluding carboxylic acids is 1. The molecule has 0 spiro atoms. The van der Waals surface area contributed by atoms with Gasteiger partial charge in [0, 0.05) is 19.0 Å². The number of nitrogens with one attached hydrogen (secondary N) is 1. The molecule has 2 aromatic rings. The van der Waals surface area contributed by atoms with Gasteiger partial charge >= 0.3 is 5.76 Å². The third kappa shape index (κ3) is 2.92. The number of carbonyl (C=O) groups is 1. The van der Waals surface area contributed by atoms with Crippen molar-refractivity contribution in [2.24, 2.45) is 12.5 Å². The van der Waals surface area contributed by atoms with E-state index >= 15 is 0 Å². The quantitative estimate of drug-likeness (QED) is 0.930. The highest BCUT2D eigenvalue weighted by atomic mass is 16.4. The number of hydrogen-bond donors (Lipinski definition) is 1. The first kappa shape index (κ1) is 14.4. The number of benzene rings is 1. The number of amides is 1. The Bertz CT molecular complexity index is 689. The van der Waals surface area contributed by atoms with Gasteiger partial charge in [0.1, 0.15) is 0 Å². The highest BCUT2D eigenvalue weighted by Crippen LogP contribution is 2.15. The minimum atomic E-state index is -0.379. The fourth-order valence-corrected chi connectivity index (χ4v) is 1.92. The summed E-state index contributed by atoms with van der Waals surface area (Å²) in [5.41, 5.74) is 2.01. The van der Waals surface area contributed by atoms with Gasteiger partial charge in [0.15, 0.2) is 5.58 Å². The second-order valence-electron chi connectivity index (χ2n) is 5.98. The fourth-order valence-electron chi connectivity index (χ4n) is 1.92. The van der Waals surface area contributed by atoms with Gasteiger partial charge in [0.25, 0.3) is 0 Å². The maximum absolute atomic E-state index is 11.7. The van der Waals surface area contributed by atoms with Gasteiger partial charge in [-0.15, -0.1) is 0 Å². The number of oxazole rings is 1. The van der Waals surface area contributed by atoms with Crippen LogP contribution in [0.15, 0.2) is 27.4 Å². The van der Waals surface area contributed by atoms with Gasteiger partial charge in [-0.3, -0.25) is 9.36 Å². The minimum Gasteiger partial charge on any atom is -0.408 e. The Balaban J connectivity index is 2.04. The van der Waals surface area contributed by atoms with Crippen LogP contribution in [0.1, 0.15) is 26.3 Å². The molecule has 0 bridgehead atoms. The van der Waals surface area contributed by atoms with Crippen LogP contribution in [0.3, 0.4) is 0 Å². The summed E-state index contributed by atoms with van der Waals surface area (Å²) in [4.78, 5) is 23.1. The van der Waals surface area contributed by atoms with Gasteiger partial charge in [0.2, 0.25) is 5.91 Å². The summed E-state index contributed by atoms with van der Waals surface area (Å²) < 4.78 is 6.61. The first-order valence-electron chi connectivity index (χ1n) is 6.66. The van der Waals surface area contributed by atoms with Crippen LogP contribution in [0.5, 0.6) is 0 Å². The first-order valence-corrected chi connectivity index (χ1v) is 6.66. The van der Waals surface area contributed by atoms with Gasteiger partial charge in [-0.2, -0.15) is 0 Å². The van der Waals surface area contributed by atoms with E-state index in [1.165, 1.54) is 4.57 Å². The van der Waals surface area contributed by atoms with Crippen molar-refractivity contribution in [3.05, 3.63) is 34.3 Å². The van der Waals surface area contributed by atoms with E-state index in [2.05, 4.69) is 5.32 Å². The molecule has 0 fully saturated rings. The average molecular weight is 276 g/mol. The minimum absolute atomic E-state index is 0.0322. The lowest BCUT2D eigenvalue weighted by atomic mass is 9.95. The standard InChI is InChI=1S/C15H20N2O3/c1-15(2,3)13(18)16-8-7-10-5-6-11-12(9-10)20-14(19)17(11)4/h5-6,9H,7-8H2,1-4H3,(H,16,18). The van der Waals surface area contributed by atoms with Crippen LogP contribution in [-0.2, 0) is 18.3 Å². The van der Waals surface area contributed by atoms with E-state index in [0.717, 1.165) is 11.1 Å². The van der Waals surface area contributed by atoms with Gasteiger partial charge < -0.3 is 9.73 Å². The van der Waals surface area contributed by atoms with Crippen LogP contribution in [0, 0.1) is 5.41 Å².